The Morgan fingerprint density at radius 3 is 2.51 bits per heavy atom. The topological polar surface area (TPSA) is 140 Å². The van der Waals surface area contributed by atoms with Gasteiger partial charge < -0.3 is 28.6 Å². The van der Waals surface area contributed by atoms with Gasteiger partial charge in [0.2, 0.25) is 0 Å². The highest BCUT2D eigenvalue weighted by atomic mass is 32.2. The highest BCUT2D eigenvalue weighted by Gasteiger charge is 2.64. The largest absolute Gasteiger partial charge is 0.510 e. The molecule has 2 aliphatic carbocycles. The lowest BCUT2D eigenvalue weighted by Crippen LogP contribution is -2.60. The van der Waals surface area contributed by atoms with Crippen LogP contribution < -0.4 is 4.72 Å². The van der Waals surface area contributed by atoms with Crippen LogP contribution in [0.15, 0.2) is 41.7 Å². The molecule has 5 atom stereocenters. The molecule has 1 aromatic carbocycles. The zero-order valence-corrected chi connectivity index (χ0v) is 31.1. The summed E-state index contributed by atoms with van der Waals surface area (Å²) in [5.41, 5.74) is 2.01. The van der Waals surface area contributed by atoms with E-state index in [1.165, 1.54) is 14.1 Å². The molecule has 0 radical (unpaired) electrons. The first kappa shape index (κ1) is 35.5. The van der Waals surface area contributed by atoms with Crippen molar-refractivity contribution in [2.24, 2.45) is 0 Å². The van der Waals surface area contributed by atoms with E-state index >= 15 is 4.79 Å². The van der Waals surface area contributed by atoms with Crippen molar-refractivity contribution in [1.82, 2.24) is 23.4 Å². The maximum Gasteiger partial charge on any atom is 0.510 e. The number of nitrogens with zero attached hydrogens (tertiary/aromatic N) is 4. The first-order chi connectivity index (χ1) is 24.3. The van der Waals surface area contributed by atoms with Gasteiger partial charge in [0.25, 0.3) is 17.4 Å². The standard InChI is InChI=1S/C37H49N5O8S/c1-22-12-14-25(20-39(2)3)42(22)35(44)37-21-41-30-18-24(34(43)38-51(46,47)40(4)5)13-16-28(30)31(23-10-8-7-9-11-23)32(41)27-17-15-26(48-6)19-29(27)33(37)49-36(45)50-37/h13,15-16,18-19,22-23,25,27,33H,7-12,14,17,20-21H2,1-6H3,(H,38,43)/t22?,25?,27?,33-,37+/m0/s1. The molecule has 1 aromatic heterocycles. The first-order valence-corrected chi connectivity index (χ1v) is 19.4. The zero-order chi connectivity index (χ0) is 36.4. The van der Waals surface area contributed by atoms with Gasteiger partial charge in [0.15, 0.2) is 6.10 Å². The van der Waals surface area contributed by atoms with Crippen LogP contribution in [0.3, 0.4) is 0 Å². The summed E-state index contributed by atoms with van der Waals surface area (Å²) in [6.07, 6.45) is 9.52. The number of benzene rings is 1. The van der Waals surface area contributed by atoms with Gasteiger partial charge in [0.1, 0.15) is 5.76 Å². The molecular formula is C37H49N5O8S. The maximum atomic E-state index is 15.3. The predicted octanol–water partition coefficient (Wildman–Crippen LogP) is 4.40. The highest BCUT2D eigenvalue weighted by molar-refractivity contribution is 7.87. The molecule has 3 fully saturated rings. The van der Waals surface area contributed by atoms with Crippen molar-refractivity contribution in [2.75, 3.05) is 41.8 Å². The Balaban J connectivity index is 1.47. The molecule has 13 nitrogen and oxygen atoms in total. The fourth-order valence-electron chi connectivity index (χ4n) is 9.12. The Bertz CT molecular complexity index is 1930. The van der Waals surface area contributed by atoms with Gasteiger partial charge in [-0.15, -0.1) is 0 Å². The number of likely N-dealkylation sites (tertiary alicyclic amines) is 1. The quantitative estimate of drug-likeness (QED) is 0.393. The highest BCUT2D eigenvalue weighted by Crippen LogP contribution is 2.53. The van der Waals surface area contributed by atoms with Crippen molar-refractivity contribution in [3.63, 3.8) is 0 Å². The summed E-state index contributed by atoms with van der Waals surface area (Å²) < 4.78 is 48.5. The van der Waals surface area contributed by atoms with Crippen molar-refractivity contribution in [1.29, 1.82) is 0 Å². The Labute approximate surface area is 299 Å². The molecule has 14 heteroatoms. The number of rotatable bonds is 8. The van der Waals surface area contributed by atoms with Crippen LogP contribution in [0.5, 0.6) is 0 Å². The molecule has 0 bridgehead atoms. The molecule has 4 heterocycles. The number of carbonyl (C=O) groups excluding carboxylic acids is 3. The van der Waals surface area contributed by atoms with Gasteiger partial charge in [-0.3, -0.25) is 9.59 Å². The molecule has 2 saturated heterocycles. The molecule has 1 saturated carbocycles. The molecule has 276 valence electrons. The molecule has 3 aliphatic heterocycles. The van der Waals surface area contributed by atoms with Crippen LogP contribution in [0.2, 0.25) is 0 Å². The molecule has 5 aliphatic rings. The van der Waals surface area contributed by atoms with Gasteiger partial charge in [-0.1, -0.05) is 25.3 Å². The monoisotopic (exact) mass is 723 g/mol. The number of aromatic nitrogens is 1. The normalized spacial score (nSPS) is 28.0. The predicted molar refractivity (Wildman–Crippen MR) is 190 cm³/mol. The summed E-state index contributed by atoms with van der Waals surface area (Å²) in [7, 11) is 4.21. The lowest BCUT2D eigenvalue weighted by atomic mass is 9.75. The second-order valence-electron chi connectivity index (χ2n) is 15.2. The summed E-state index contributed by atoms with van der Waals surface area (Å²) in [5, 5.41) is 0.941. The average molecular weight is 724 g/mol. The van der Waals surface area contributed by atoms with Crippen molar-refractivity contribution in [2.45, 2.75) is 100 Å². The minimum Gasteiger partial charge on any atom is -0.497 e. The fraction of sp³-hybridized carbons (Fsp3) is 0.595. The van der Waals surface area contributed by atoms with E-state index in [1.807, 2.05) is 44.1 Å². The Kier molecular flexibility index (Phi) is 9.24. The van der Waals surface area contributed by atoms with E-state index in [0.29, 0.717) is 24.2 Å². The SMILES string of the molecule is COC1=CCC2C(=C1)[C@@H]1OC(=O)O[C@]1(C(=O)N1C(C)CCC1CN(C)C)Cn1c2c(C2CCCCC2)c2ccc(C(=O)NS(=O)(=O)N(C)C)cc21. The lowest BCUT2D eigenvalue weighted by Gasteiger charge is -2.38. The Hall–Kier alpha value is -3.88. The molecule has 3 unspecified atom stereocenters. The molecule has 2 amide bonds. The Morgan fingerprint density at radius 1 is 1.08 bits per heavy atom. The van der Waals surface area contributed by atoms with Crippen LogP contribution in [0.25, 0.3) is 10.9 Å². The number of nitrogens with one attached hydrogen (secondary N) is 1. The van der Waals surface area contributed by atoms with Gasteiger partial charge in [-0.2, -0.15) is 12.7 Å². The van der Waals surface area contributed by atoms with Crippen molar-refractivity contribution < 1.29 is 37.0 Å². The second-order valence-corrected chi connectivity index (χ2v) is 17.1. The number of carbonyl (C=O) groups is 3. The number of allylic oxidation sites excluding steroid dienone is 2. The van der Waals surface area contributed by atoms with E-state index in [2.05, 4.69) is 14.2 Å². The molecule has 0 spiro atoms. The smallest absolute Gasteiger partial charge is 0.497 e. The third-order valence-corrected chi connectivity index (χ3v) is 12.9. The summed E-state index contributed by atoms with van der Waals surface area (Å²) >= 11 is 0. The van der Waals surface area contributed by atoms with Crippen LogP contribution in [0, 0.1) is 0 Å². The number of methoxy groups -OCH3 is 1. The van der Waals surface area contributed by atoms with Crippen LogP contribution in [-0.4, -0.2) is 111 Å². The van der Waals surface area contributed by atoms with E-state index in [9.17, 15) is 18.0 Å². The molecule has 7 rings (SSSR count). The Morgan fingerprint density at radius 2 is 1.82 bits per heavy atom. The van der Waals surface area contributed by atoms with Crippen molar-refractivity contribution >= 4 is 39.1 Å². The number of hydrogen-bond donors (Lipinski definition) is 1. The van der Waals surface area contributed by atoms with Crippen molar-refractivity contribution in [3.05, 3.63) is 58.5 Å². The molecule has 1 N–H and O–H groups in total. The van der Waals surface area contributed by atoms with Gasteiger partial charge in [0, 0.05) is 60.8 Å². The summed E-state index contributed by atoms with van der Waals surface area (Å²) in [6, 6.07) is 5.10. The lowest BCUT2D eigenvalue weighted by molar-refractivity contribution is -0.154. The van der Waals surface area contributed by atoms with E-state index < -0.39 is 34.0 Å². The number of likely N-dealkylation sites (N-methyl/N-ethyl adjacent to an activating group) is 1. The summed E-state index contributed by atoms with van der Waals surface area (Å²) in [4.78, 5) is 46.1. The van der Waals surface area contributed by atoms with E-state index in [0.717, 1.165) is 71.5 Å². The van der Waals surface area contributed by atoms with Crippen LogP contribution in [0.1, 0.15) is 91.7 Å². The summed E-state index contributed by atoms with van der Waals surface area (Å²) in [6.45, 7) is 2.66. The molecule has 51 heavy (non-hydrogen) atoms. The third-order valence-electron chi connectivity index (χ3n) is 11.5. The maximum absolute atomic E-state index is 15.3. The third kappa shape index (κ3) is 6.02. The zero-order valence-electron chi connectivity index (χ0n) is 30.3. The van der Waals surface area contributed by atoms with Crippen molar-refractivity contribution in [3.8, 4) is 0 Å². The fourth-order valence-corrected chi connectivity index (χ4v) is 9.66. The van der Waals surface area contributed by atoms with Crippen LogP contribution in [0.4, 0.5) is 4.79 Å². The number of hydrogen-bond acceptors (Lipinski definition) is 9. The van der Waals surface area contributed by atoms with Crippen LogP contribution in [-0.2, 0) is 35.8 Å². The number of ether oxygens (including phenoxy) is 3. The van der Waals surface area contributed by atoms with E-state index in [-0.39, 0.29) is 41.9 Å². The minimum atomic E-state index is -4.05. The molecular weight excluding hydrogens is 675 g/mol. The number of amides is 2. The van der Waals surface area contributed by atoms with Gasteiger partial charge in [0.05, 0.1) is 13.7 Å². The van der Waals surface area contributed by atoms with E-state index in [1.54, 1.807) is 19.2 Å². The minimum absolute atomic E-state index is 0.0318. The second kappa shape index (κ2) is 13.3. The first-order valence-electron chi connectivity index (χ1n) is 18.0. The van der Waals surface area contributed by atoms with Gasteiger partial charge >= 0.3 is 16.4 Å². The van der Waals surface area contributed by atoms with E-state index in [4.69, 9.17) is 14.2 Å². The van der Waals surface area contributed by atoms with Gasteiger partial charge in [-0.25, -0.2) is 9.52 Å². The number of fused-ring (bicyclic) bond motifs is 7. The van der Waals surface area contributed by atoms with Gasteiger partial charge in [-0.05, 0) is 94.5 Å². The average Bonchev–Trinajstić information content (AvgIpc) is 3.71. The van der Waals surface area contributed by atoms with Crippen LogP contribution >= 0.6 is 0 Å². The molecule has 2 aromatic rings. The summed E-state index contributed by atoms with van der Waals surface area (Å²) in [5.74, 6) is -0.492.